The van der Waals surface area contributed by atoms with Crippen LogP contribution < -0.4 is 15.4 Å². The maximum absolute atomic E-state index is 6.02. The van der Waals surface area contributed by atoms with E-state index in [9.17, 15) is 0 Å². The Morgan fingerprint density at radius 3 is 2.62 bits per heavy atom. The van der Waals surface area contributed by atoms with Gasteiger partial charge in [0.1, 0.15) is 5.75 Å². The van der Waals surface area contributed by atoms with Crippen molar-refractivity contribution in [1.29, 1.82) is 0 Å². The van der Waals surface area contributed by atoms with Gasteiger partial charge in [0.2, 0.25) is 0 Å². The van der Waals surface area contributed by atoms with E-state index in [0.29, 0.717) is 6.54 Å². The second kappa shape index (κ2) is 6.96. The third-order valence-electron chi connectivity index (χ3n) is 3.72. The summed E-state index contributed by atoms with van der Waals surface area (Å²) in [7, 11) is 3.74. The summed E-state index contributed by atoms with van der Waals surface area (Å²) in [4.78, 5) is 2.19. The van der Waals surface area contributed by atoms with Crippen LogP contribution in [-0.2, 0) is 0 Å². The number of rotatable bonds is 5. The number of hydrogen-bond acceptors (Lipinski definition) is 3. The first kappa shape index (κ1) is 15.9. The van der Waals surface area contributed by atoms with E-state index in [1.165, 1.54) is 11.1 Å². The number of nitrogens with two attached hydrogens (primary N) is 1. The zero-order valence-corrected chi connectivity index (χ0v) is 14.2. The average Bonchev–Trinajstić information content (AvgIpc) is 2.51. The minimum absolute atomic E-state index is 0.129. The molecule has 2 rings (SSSR count). The quantitative estimate of drug-likeness (QED) is 0.890. The third-order valence-corrected chi connectivity index (χ3v) is 4.61. The van der Waals surface area contributed by atoms with Crippen molar-refractivity contribution in [3.8, 4) is 5.75 Å². The van der Waals surface area contributed by atoms with Crippen LogP contribution in [0.2, 0.25) is 0 Å². The molecule has 0 spiro atoms. The highest BCUT2D eigenvalue weighted by molar-refractivity contribution is 9.10. The fourth-order valence-electron chi connectivity index (χ4n) is 2.40. The maximum Gasteiger partial charge on any atom is 0.120 e. The number of aryl methyl sites for hydroxylation is 1. The lowest BCUT2D eigenvalue weighted by Crippen LogP contribution is -2.30. The highest BCUT2D eigenvalue weighted by Gasteiger charge is 2.17. The molecule has 4 heteroatoms. The standard InChI is InChI=1S/C17H21BrN2O/c1-12-9-13(7-8-16(12)18)17(11-19)20(2)14-5-4-6-15(10-14)21-3/h4-10,17H,11,19H2,1-3H3. The molecular formula is C17H21BrN2O. The molecular weight excluding hydrogens is 328 g/mol. The fraction of sp³-hybridized carbons (Fsp3) is 0.294. The second-order valence-electron chi connectivity index (χ2n) is 5.07. The van der Waals surface area contributed by atoms with Crippen LogP contribution in [0.5, 0.6) is 5.75 Å². The molecule has 0 radical (unpaired) electrons. The molecule has 0 amide bonds. The number of methoxy groups -OCH3 is 1. The van der Waals surface area contributed by atoms with Crippen molar-refractivity contribution in [2.45, 2.75) is 13.0 Å². The topological polar surface area (TPSA) is 38.5 Å². The minimum Gasteiger partial charge on any atom is -0.497 e. The van der Waals surface area contributed by atoms with Crippen LogP contribution in [0.1, 0.15) is 17.2 Å². The molecule has 0 aliphatic carbocycles. The van der Waals surface area contributed by atoms with Crippen molar-refractivity contribution in [3.05, 3.63) is 58.1 Å². The Morgan fingerprint density at radius 1 is 1.24 bits per heavy atom. The molecule has 0 aliphatic heterocycles. The largest absolute Gasteiger partial charge is 0.497 e. The normalized spacial score (nSPS) is 12.0. The molecule has 2 aromatic carbocycles. The summed E-state index contributed by atoms with van der Waals surface area (Å²) in [5.74, 6) is 0.849. The first-order chi connectivity index (χ1) is 10.1. The predicted octanol–water partition coefficient (Wildman–Crippen LogP) is 3.90. The van der Waals surface area contributed by atoms with Crippen LogP contribution in [0.4, 0.5) is 5.69 Å². The van der Waals surface area contributed by atoms with Gasteiger partial charge in [-0.1, -0.05) is 34.1 Å². The Labute approximate surface area is 134 Å². The van der Waals surface area contributed by atoms with Crippen LogP contribution in [-0.4, -0.2) is 20.7 Å². The molecule has 0 aliphatic rings. The molecule has 3 nitrogen and oxygen atoms in total. The lowest BCUT2D eigenvalue weighted by atomic mass is 10.0. The summed E-state index contributed by atoms with van der Waals surface area (Å²) >= 11 is 3.54. The van der Waals surface area contributed by atoms with E-state index in [2.05, 4.69) is 59.1 Å². The first-order valence-electron chi connectivity index (χ1n) is 6.89. The van der Waals surface area contributed by atoms with Crippen molar-refractivity contribution in [3.63, 3.8) is 0 Å². The molecule has 112 valence electrons. The summed E-state index contributed by atoms with van der Waals surface area (Å²) < 4.78 is 6.41. The zero-order chi connectivity index (χ0) is 15.4. The van der Waals surface area contributed by atoms with E-state index in [4.69, 9.17) is 10.5 Å². The summed E-state index contributed by atoms with van der Waals surface area (Å²) in [5.41, 5.74) is 9.53. The highest BCUT2D eigenvalue weighted by atomic mass is 79.9. The summed E-state index contributed by atoms with van der Waals surface area (Å²) in [6.07, 6.45) is 0. The van der Waals surface area contributed by atoms with Gasteiger partial charge in [-0.3, -0.25) is 0 Å². The van der Waals surface area contributed by atoms with Crippen molar-refractivity contribution >= 4 is 21.6 Å². The number of ether oxygens (including phenoxy) is 1. The van der Waals surface area contributed by atoms with E-state index in [0.717, 1.165) is 15.9 Å². The van der Waals surface area contributed by atoms with Crippen molar-refractivity contribution in [2.24, 2.45) is 5.73 Å². The Morgan fingerprint density at radius 2 is 2.00 bits per heavy atom. The maximum atomic E-state index is 6.02. The molecule has 0 saturated carbocycles. The van der Waals surface area contributed by atoms with Crippen LogP contribution in [0.15, 0.2) is 46.9 Å². The molecule has 0 bridgehead atoms. The predicted molar refractivity (Wildman–Crippen MR) is 92.1 cm³/mol. The van der Waals surface area contributed by atoms with Crippen LogP contribution in [0.25, 0.3) is 0 Å². The molecule has 0 saturated heterocycles. The molecule has 2 aromatic rings. The molecule has 0 fully saturated rings. The van der Waals surface area contributed by atoms with Gasteiger partial charge in [-0.2, -0.15) is 0 Å². The van der Waals surface area contributed by atoms with E-state index < -0.39 is 0 Å². The average molecular weight is 349 g/mol. The van der Waals surface area contributed by atoms with E-state index in [1.807, 2.05) is 18.2 Å². The summed E-state index contributed by atoms with van der Waals surface area (Å²) in [5, 5.41) is 0. The number of likely N-dealkylation sites (N-methyl/N-ethyl adjacent to an activating group) is 1. The lowest BCUT2D eigenvalue weighted by Gasteiger charge is -2.30. The molecule has 1 unspecified atom stereocenters. The number of hydrogen-bond donors (Lipinski definition) is 1. The fourth-order valence-corrected chi connectivity index (χ4v) is 2.65. The van der Waals surface area contributed by atoms with Gasteiger partial charge < -0.3 is 15.4 Å². The van der Waals surface area contributed by atoms with Crippen LogP contribution in [0.3, 0.4) is 0 Å². The van der Waals surface area contributed by atoms with Gasteiger partial charge in [-0.05, 0) is 36.2 Å². The Hall–Kier alpha value is -1.52. The Kier molecular flexibility index (Phi) is 5.26. The molecule has 2 N–H and O–H groups in total. The van der Waals surface area contributed by atoms with E-state index in [-0.39, 0.29) is 6.04 Å². The number of anilines is 1. The first-order valence-corrected chi connectivity index (χ1v) is 7.69. The second-order valence-corrected chi connectivity index (χ2v) is 5.93. The smallest absolute Gasteiger partial charge is 0.120 e. The van der Waals surface area contributed by atoms with Gasteiger partial charge in [0.05, 0.1) is 13.2 Å². The SMILES string of the molecule is COc1cccc(N(C)C(CN)c2ccc(Br)c(C)c2)c1. The van der Waals surface area contributed by atoms with Crippen LogP contribution in [0, 0.1) is 6.92 Å². The zero-order valence-electron chi connectivity index (χ0n) is 12.6. The Balaban J connectivity index is 2.32. The van der Waals surface area contributed by atoms with Crippen molar-refractivity contribution in [2.75, 3.05) is 25.6 Å². The highest BCUT2D eigenvalue weighted by Crippen LogP contribution is 2.29. The number of nitrogens with zero attached hydrogens (tertiary/aromatic N) is 1. The van der Waals surface area contributed by atoms with Gasteiger partial charge in [0.25, 0.3) is 0 Å². The van der Waals surface area contributed by atoms with Gasteiger partial charge in [-0.15, -0.1) is 0 Å². The van der Waals surface area contributed by atoms with E-state index >= 15 is 0 Å². The Bertz CT molecular complexity index is 615. The third kappa shape index (κ3) is 3.57. The number of benzene rings is 2. The van der Waals surface area contributed by atoms with Crippen LogP contribution >= 0.6 is 15.9 Å². The molecule has 21 heavy (non-hydrogen) atoms. The minimum atomic E-state index is 0.129. The monoisotopic (exact) mass is 348 g/mol. The van der Waals surface area contributed by atoms with Crippen molar-refractivity contribution in [1.82, 2.24) is 0 Å². The summed E-state index contributed by atoms with van der Waals surface area (Å²) in [6.45, 7) is 2.64. The molecule has 0 aromatic heterocycles. The lowest BCUT2D eigenvalue weighted by molar-refractivity contribution is 0.414. The van der Waals surface area contributed by atoms with E-state index in [1.54, 1.807) is 7.11 Å². The van der Waals surface area contributed by atoms with Gasteiger partial charge >= 0.3 is 0 Å². The molecule has 1 atom stereocenters. The van der Waals surface area contributed by atoms with Crippen molar-refractivity contribution < 1.29 is 4.74 Å². The van der Waals surface area contributed by atoms with Gasteiger partial charge in [-0.25, -0.2) is 0 Å². The summed E-state index contributed by atoms with van der Waals surface area (Å²) in [6, 6.07) is 14.5. The molecule has 0 heterocycles. The van der Waals surface area contributed by atoms with Gasteiger partial charge in [0.15, 0.2) is 0 Å². The van der Waals surface area contributed by atoms with Gasteiger partial charge in [0, 0.05) is 29.8 Å². The number of halogens is 1.